The van der Waals surface area contributed by atoms with Gasteiger partial charge in [0.1, 0.15) is 11.1 Å². The lowest BCUT2D eigenvalue weighted by Crippen LogP contribution is -2.26. The Morgan fingerprint density at radius 3 is 3.10 bits per heavy atom. The summed E-state index contributed by atoms with van der Waals surface area (Å²) in [6.45, 7) is 5.27. The van der Waals surface area contributed by atoms with E-state index in [0.717, 1.165) is 0 Å². The highest BCUT2D eigenvalue weighted by atomic mass is 16.5. The Morgan fingerprint density at radius 1 is 1.55 bits per heavy atom. The average molecular weight is 279 g/mol. The molecule has 2 aromatic rings. The van der Waals surface area contributed by atoms with E-state index in [1.54, 1.807) is 6.92 Å². The molecule has 7 nitrogen and oxygen atoms in total. The van der Waals surface area contributed by atoms with Crippen molar-refractivity contribution in [1.29, 1.82) is 0 Å². The van der Waals surface area contributed by atoms with Crippen molar-refractivity contribution >= 4 is 17.0 Å². The van der Waals surface area contributed by atoms with E-state index in [9.17, 15) is 9.59 Å². The molecule has 0 radical (unpaired) electrons. The van der Waals surface area contributed by atoms with E-state index in [2.05, 4.69) is 15.3 Å². The van der Waals surface area contributed by atoms with Crippen LogP contribution in [0.2, 0.25) is 0 Å². The molecule has 0 bridgehead atoms. The SMILES string of the molecule is CCOCCCNC(=O)c1c(C)oc2nc[nH]c(=O)c12. The summed E-state index contributed by atoms with van der Waals surface area (Å²) in [4.78, 5) is 30.3. The van der Waals surface area contributed by atoms with Crippen LogP contribution in [0.15, 0.2) is 15.5 Å². The van der Waals surface area contributed by atoms with Crippen molar-refractivity contribution in [3.8, 4) is 0 Å². The molecule has 0 aliphatic carbocycles. The molecule has 2 N–H and O–H groups in total. The number of furan rings is 1. The highest BCUT2D eigenvalue weighted by Crippen LogP contribution is 2.19. The zero-order chi connectivity index (χ0) is 14.5. The lowest BCUT2D eigenvalue weighted by atomic mass is 10.2. The third kappa shape index (κ3) is 2.88. The summed E-state index contributed by atoms with van der Waals surface area (Å²) in [5.41, 5.74) is 0.0304. The minimum atomic E-state index is -0.383. The summed E-state index contributed by atoms with van der Waals surface area (Å²) < 4.78 is 10.5. The number of H-pyrrole nitrogens is 1. The molecular weight excluding hydrogens is 262 g/mol. The highest BCUT2D eigenvalue weighted by molar-refractivity contribution is 6.06. The number of aryl methyl sites for hydroxylation is 1. The van der Waals surface area contributed by atoms with E-state index in [4.69, 9.17) is 9.15 Å². The number of ether oxygens (including phenoxy) is 1. The Balaban J connectivity index is 2.14. The minimum Gasteiger partial charge on any atom is -0.442 e. The summed E-state index contributed by atoms with van der Waals surface area (Å²) in [5, 5.41) is 2.93. The number of hydrogen-bond acceptors (Lipinski definition) is 5. The Labute approximate surface area is 115 Å². The Morgan fingerprint density at radius 2 is 2.35 bits per heavy atom. The lowest BCUT2D eigenvalue weighted by molar-refractivity contribution is 0.0944. The number of nitrogens with zero attached hydrogens (tertiary/aromatic N) is 1. The summed E-state index contributed by atoms with van der Waals surface area (Å²) >= 11 is 0. The molecule has 7 heteroatoms. The van der Waals surface area contributed by atoms with Crippen LogP contribution in [0, 0.1) is 6.92 Å². The predicted octanol–water partition coefficient (Wildman–Crippen LogP) is 0.981. The highest BCUT2D eigenvalue weighted by Gasteiger charge is 2.21. The third-order valence-electron chi connectivity index (χ3n) is 2.85. The molecule has 0 aliphatic heterocycles. The molecule has 0 saturated heterocycles. The van der Waals surface area contributed by atoms with Crippen molar-refractivity contribution in [3.63, 3.8) is 0 Å². The molecule has 0 unspecified atom stereocenters. The molecule has 0 atom stereocenters. The van der Waals surface area contributed by atoms with Crippen LogP contribution < -0.4 is 10.9 Å². The van der Waals surface area contributed by atoms with Crippen LogP contribution in [0.3, 0.4) is 0 Å². The predicted molar refractivity (Wildman–Crippen MR) is 72.8 cm³/mol. The summed E-state index contributed by atoms with van der Waals surface area (Å²) in [5.74, 6) is 0.0442. The minimum absolute atomic E-state index is 0.172. The maximum absolute atomic E-state index is 12.1. The van der Waals surface area contributed by atoms with Gasteiger partial charge in [-0.1, -0.05) is 0 Å². The molecule has 2 rings (SSSR count). The molecule has 1 amide bonds. The maximum atomic E-state index is 12.1. The van der Waals surface area contributed by atoms with Gasteiger partial charge >= 0.3 is 0 Å². The number of rotatable bonds is 6. The van der Waals surface area contributed by atoms with Gasteiger partial charge in [-0.2, -0.15) is 0 Å². The smallest absolute Gasteiger partial charge is 0.262 e. The fourth-order valence-electron chi connectivity index (χ4n) is 1.94. The van der Waals surface area contributed by atoms with E-state index >= 15 is 0 Å². The van der Waals surface area contributed by atoms with E-state index in [0.29, 0.717) is 31.9 Å². The van der Waals surface area contributed by atoms with Crippen LogP contribution in [0.5, 0.6) is 0 Å². The lowest BCUT2D eigenvalue weighted by Gasteiger charge is -2.04. The summed E-state index contributed by atoms with van der Waals surface area (Å²) in [7, 11) is 0. The largest absolute Gasteiger partial charge is 0.442 e. The number of nitrogens with one attached hydrogen (secondary N) is 2. The Hall–Kier alpha value is -2.15. The first-order valence-corrected chi connectivity index (χ1v) is 6.47. The van der Waals surface area contributed by atoms with Gasteiger partial charge in [-0.25, -0.2) is 4.98 Å². The maximum Gasteiger partial charge on any atom is 0.262 e. The summed E-state index contributed by atoms with van der Waals surface area (Å²) in [6, 6.07) is 0. The second-order valence-electron chi connectivity index (χ2n) is 4.25. The number of aromatic amines is 1. The number of amides is 1. The van der Waals surface area contributed by atoms with Crippen LogP contribution in [-0.4, -0.2) is 35.6 Å². The van der Waals surface area contributed by atoms with Gasteiger partial charge in [-0.15, -0.1) is 0 Å². The van der Waals surface area contributed by atoms with Gasteiger partial charge in [0.05, 0.1) is 11.9 Å². The quantitative estimate of drug-likeness (QED) is 0.768. The molecule has 108 valence electrons. The van der Waals surface area contributed by atoms with E-state index in [1.165, 1.54) is 6.33 Å². The van der Waals surface area contributed by atoms with Gasteiger partial charge in [0, 0.05) is 19.8 Å². The van der Waals surface area contributed by atoms with Gasteiger partial charge in [0.2, 0.25) is 5.71 Å². The van der Waals surface area contributed by atoms with Gasteiger partial charge in [0.25, 0.3) is 11.5 Å². The first-order chi connectivity index (χ1) is 9.65. The molecule has 20 heavy (non-hydrogen) atoms. The van der Waals surface area contributed by atoms with Gasteiger partial charge in [-0.3, -0.25) is 9.59 Å². The molecule has 2 heterocycles. The van der Waals surface area contributed by atoms with Gasteiger partial charge in [0.15, 0.2) is 0 Å². The van der Waals surface area contributed by atoms with Crippen LogP contribution in [0.25, 0.3) is 11.1 Å². The van der Waals surface area contributed by atoms with E-state index < -0.39 is 0 Å². The molecule has 0 saturated carbocycles. The fraction of sp³-hybridized carbons (Fsp3) is 0.462. The molecule has 0 spiro atoms. The summed E-state index contributed by atoms with van der Waals surface area (Å²) in [6.07, 6.45) is 1.96. The van der Waals surface area contributed by atoms with Crippen molar-refractivity contribution in [1.82, 2.24) is 15.3 Å². The Bertz CT molecular complexity index is 659. The van der Waals surface area contributed by atoms with Crippen LogP contribution in [0.1, 0.15) is 29.5 Å². The van der Waals surface area contributed by atoms with E-state index in [1.807, 2.05) is 6.92 Å². The normalized spacial score (nSPS) is 10.9. The number of fused-ring (bicyclic) bond motifs is 1. The van der Waals surface area contributed by atoms with Crippen LogP contribution >= 0.6 is 0 Å². The second kappa shape index (κ2) is 6.33. The zero-order valence-electron chi connectivity index (χ0n) is 11.5. The number of hydrogen-bond donors (Lipinski definition) is 2. The van der Waals surface area contributed by atoms with Crippen molar-refractivity contribution < 1.29 is 13.9 Å². The van der Waals surface area contributed by atoms with Crippen LogP contribution in [-0.2, 0) is 4.74 Å². The van der Waals surface area contributed by atoms with Crippen LogP contribution in [0.4, 0.5) is 0 Å². The third-order valence-corrected chi connectivity index (χ3v) is 2.85. The molecule has 2 aromatic heterocycles. The van der Waals surface area contributed by atoms with Crippen molar-refractivity contribution in [2.75, 3.05) is 19.8 Å². The first-order valence-electron chi connectivity index (χ1n) is 6.47. The monoisotopic (exact) mass is 279 g/mol. The molecular formula is C13H17N3O4. The number of aromatic nitrogens is 2. The number of carbonyl (C=O) groups is 1. The second-order valence-corrected chi connectivity index (χ2v) is 4.25. The number of carbonyl (C=O) groups excluding carboxylic acids is 1. The zero-order valence-corrected chi connectivity index (χ0v) is 11.5. The topological polar surface area (TPSA) is 97.2 Å². The molecule has 0 aromatic carbocycles. The molecule has 0 fully saturated rings. The fourth-order valence-corrected chi connectivity index (χ4v) is 1.94. The molecule has 0 aliphatic rings. The standard InChI is InChI=1S/C13H17N3O4/c1-3-19-6-4-5-14-11(17)9-8(2)20-13-10(9)12(18)15-7-16-13/h7H,3-6H2,1-2H3,(H,14,17)(H,15,16,18). The van der Waals surface area contributed by atoms with Crippen molar-refractivity contribution in [2.24, 2.45) is 0 Å². The van der Waals surface area contributed by atoms with E-state index in [-0.39, 0.29) is 28.1 Å². The first kappa shape index (κ1) is 14.3. The Kier molecular flexibility index (Phi) is 4.52. The van der Waals surface area contributed by atoms with Gasteiger partial charge < -0.3 is 19.5 Å². The van der Waals surface area contributed by atoms with Crippen molar-refractivity contribution in [2.45, 2.75) is 20.3 Å². The van der Waals surface area contributed by atoms with Crippen molar-refractivity contribution in [3.05, 3.63) is 28.0 Å². The average Bonchev–Trinajstić information content (AvgIpc) is 2.76. The van der Waals surface area contributed by atoms with Gasteiger partial charge in [-0.05, 0) is 20.3 Å².